The van der Waals surface area contributed by atoms with Gasteiger partial charge in [-0.2, -0.15) is 0 Å². The van der Waals surface area contributed by atoms with E-state index in [1.54, 1.807) is 28.0 Å². The Morgan fingerprint density at radius 1 is 1.03 bits per heavy atom. The van der Waals surface area contributed by atoms with E-state index >= 15 is 0 Å². The number of hydrogen-bond donors (Lipinski definition) is 0. The Labute approximate surface area is 194 Å². The van der Waals surface area contributed by atoms with Crippen molar-refractivity contribution in [1.82, 2.24) is 14.8 Å². The largest absolute Gasteiger partial charge is 0.335 e. The Bertz CT molecular complexity index is 1020. The number of aromatic nitrogens is 1. The maximum Gasteiger partial charge on any atom is 0.295 e. The van der Waals surface area contributed by atoms with Gasteiger partial charge in [-0.25, -0.2) is 0 Å². The third-order valence-corrected chi connectivity index (χ3v) is 6.40. The normalized spacial score (nSPS) is 20.5. The number of hydrogen-bond acceptors (Lipinski definition) is 5. The number of nitrogens with zero attached hydrogens (tertiary/aromatic N) is 4. The molecule has 0 saturated carbocycles. The first kappa shape index (κ1) is 22.8. The molecule has 2 amide bonds. The number of amides is 2. The fraction of sp³-hybridized carbons (Fsp3) is 0.423. The first-order valence-corrected chi connectivity index (χ1v) is 11.7. The molecule has 33 heavy (non-hydrogen) atoms. The van der Waals surface area contributed by atoms with Gasteiger partial charge in [0.25, 0.3) is 17.6 Å². The van der Waals surface area contributed by atoms with Crippen molar-refractivity contribution in [3.63, 3.8) is 0 Å². The van der Waals surface area contributed by atoms with Gasteiger partial charge in [0.15, 0.2) is 0 Å². The van der Waals surface area contributed by atoms with Gasteiger partial charge in [-0.1, -0.05) is 18.2 Å². The highest BCUT2D eigenvalue weighted by molar-refractivity contribution is 6.42. The van der Waals surface area contributed by atoms with Crippen molar-refractivity contribution in [3.8, 4) is 0 Å². The van der Waals surface area contributed by atoms with E-state index < -0.39 is 11.7 Å². The molecule has 4 rings (SSSR count). The maximum atomic E-state index is 12.9. The molecule has 0 N–H and O–H groups in total. The summed E-state index contributed by atoms with van der Waals surface area (Å²) in [5.41, 5.74) is 1.83. The molecule has 2 atom stereocenters. The van der Waals surface area contributed by atoms with Gasteiger partial charge in [-0.15, -0.1) is 0 Å². The lowest BCUT2D eigenvalue weighted by Gasteiger charge is -2.39. The highest BCUT2D eigenvalue weighted by Crippen LogP contribution is 2.17. The maximum absolute atomic E-state index is 12.9. The number of carbonyl (C=O) groups is 3. The molecular weight excluding hydrogens is 416 g/mol. The second kappa shape index (κ2) is 10.5. The van der Waals surface area contributed by atoms with Crippen molar-refractivity contribution in [2.75, 3.05) is 19.6 Å². The molecule has 1 saturated heterocycles. The smallest absolute Gasteiger partial charge is 0.295 e. The molecule has 2 aromatic rings. The minimum atomic E-state index is -0.555. The van der Waals surface area contributed by atoms with E-state index in [4.69, 9.17) is 0 Å². The van der Waals surface area contributed by atoms with Crippen molar-refractivity contribution in [1.29, 1.82) is 0 Å². The molecule has 0 radical (unpaired) electrons. The van der Waals surface area contributed by atoms with Crippen LogP contribution in [0.15, 0.2) is 53.7 Å². The number of benzene rings is 1. The van der Waals surface area contributed by atoms with Crippen molar-refractivity contribution in [3.05, 3.63) is 65.5 Å². The van der Waals surface area contributed by atoms with Crippen molar-refractivity contribution in [2.45, 2.75) is 51.1 Å². The lowest BCUT2D eigenvalue weighted by atomic mass is 10.0. The predicted octanol–water partition coefficient (Wildman–Crippen LogP) is 3.19. The van der Waals surface area contributed by atoms with E-state index in [0.717, 1.165) is 31.4 Å². The van der Waals surface area contributed by atoms with E-state index in [-0.39, 0.29) is 11.9 Å². The SMILES string of the molecule is C[C@@H]1CN(C(=O)c2ccccc2)CCN1C(=O)C(=O)c1ccc(CCC2CCCC=N2)nc1. The van der Waals surface area contributed by atoms with Crippen LogP contribution in [0.3, 0.4) is 0 Å². The number of Topliss-reactive ketones (excluding diaryl/α,β-unsaturated/α-hetero) is 1. The Balaban J connectivity index is 1.32. The summed E-state index contributed by atoms with van der Waals surface area (Å²) in [5.74, 6) is -1.15. The third-order valence-electron chi connectivity index (χ3n) is 6.40. The molecule has 1 aromatic heterocycles. The van der Waals surface area contributed by atoms with Crippen LogP contribution in [0.1, 0.15) is 59.0 Å². The van der Waals surface area contributed by atoms with Gasteiger partial charge < -0.3 is 9.80 Å². The van der Waals surface area contributed by atoms with E-state index in [9.17, 15) is 14.4 Å². The monoisotopic (exact) mass is 446 g/mol. The number of pyridine rings is 1. The van der Waals surface area contributed by atoms with Crippen LogP contribution in [0, 0.1) is 0 Å². The van der Waals surface area contributed by atoms with Crippen molar-refractivity contribution >= 4 is 23.8 Å². The number of aryl methyl sites for hydroxylation is 1. The predicted molar refractivity (Wildman–Crippen MR) is 127 cm³/mol. The van der Waals surface area contributed by atoms with Crippen LogP contribution in [0.25, 0.3) is 0 Å². The fourth-order valence-electron chi connectivity index (χ4n) is 4.44. The van der Waals surface area contributed by atoms with Crippen LogP contribution in [-0.2, 0) is 11.2 Å². The number of ketones is 1. The van der Waals surface area contributed by atoms with E-state index in [1.165, 1.54) is 12.6 Å². The van der Waals surface area contributed by atoms with E-state index in [1.807, 2.05) is 37.4 Å². The molecule has 7 heteroatoms. The lowest BCUT2D eigenvalue weighted by Crippen LogP contribution is -2.56. The summed E-state index contributed by atoms with van der Waals surface area (Å²) < 4.78 is 0. The second-order valence-electron chi connectivity index (χ2n) is 8.79. The number of piperazine rings is 1. The summed E-state index contributed by atoms with van der Waals surface area (Å²) >= 11 is 0. The van der Waals surface area contributed by atoms with Crippen LogP contribution in [-0.4, -0.2) is 70.3 Å². The molecule has 0 bridgehead atoms. The van der Waals surface area contributed by atoms with Gasteiger partial charge in [0.05, 0.1) is 0 Å². The Hall–Kier alpha value is -3.35. The first-order chi connectivity index (χ1) is 16.0. The Kier molecular flexibility index (Phi) is 7.27. The number of aliphatic imine (C=N–C) groups is 1. The van der Waals surface area contributed by atoms with Gasteiger partial charge in [0, 0.05) is 54.7 Å². The molecular formula is C26H30N4O3. The summed E-state index contributed by atoms with van der Waals surface area (Å²) in [7, 11) is 0. The molecule has 7 nitrogen and oxygen atoms in total. The Morgan fingerprint density at radius 2 is 1.85 bits per heavy atom. The average molecular weight is 447 g/mol. The molecule has 0 spiro atoms. The standard InChI is InChI=1S/C26H30N4O3/c1-19-18-29(25(32)20-7-3-2-4-8-20)15-16-30(19)26(33)24(31)21-10-11-23(28-17-21)13-12-22-9-5-6-14-27-22/h2-4,7-8,10-11,14,17,19,22H,5-6,9,12-13,15-16,18H2,1H3/t19-,22?/m1/s1. The summed E-state index contributed by atoms with van der Waals surface area (Å²) in [6, 6.07) is 12.7. The van der Waals surface area contributed by atoms with E-state index in [0.29, 0.717) is 36.8 Å². The van der Waals surface area contributed by atoms with Gasteiger partial charge in [0.2, 0.25) is 0 Å². The van der Waals surface area contributed by atoms with Crippen LogP contribution < -0.4 is 0 Å². The summed E-state index contributed by atoms with van der Waals surface area (Å²) in [6.45, 7) is 2.99. The van der Waals surface area contributed by atoms with E-state index in [2.05, 4.69) is 9.98 Å². The van der Waals surface area contributed by atoms with Gasteiger partial charge >= 0.3 is 0 Å². The summed E-state index contributed by atoms with van der Waals surface area (Å²) in [5, 5.41) is 0. The average Bonchev–Trinajstić information content (AvgIpc) is 2.87. The van der Waals surface area contributed by atoms with Gasteiger partial charge in [-0.05, 0) is 69.5 Å². The molecule has 1 fully saturated rings. The van der Waals surface area contributed by atoms with Crippen LogP contribution in [0.5, 0.6) is 0 Å². The van der Waals surface area contributed by atoms with Gasteiger partial charge in [-0.3, -0.25) is 24.4 Å². The van der Waals surface area contributed by atoms with Crippen molar-refractivity contribution in [2.24, 2.45) is 4.99 Å². The zero-order valence-corrected chi connectivity index (χ0v) is 19.0. The molecule has 1 unspecified atom stereocenters. The van der Waals surface area contributed by atoms with Gasteiger partial charge in [0.1, 0.15) is 0 Å². The first-order valence-electron chi connectivity index (χ1n) is 11.7. The number of carbonyl (C=O) groups excluding carboxylic acids is 3. The molecule has 2 aliphatic rings. The minimum absolute atomic E-state index is 0.0559. The topological polar surface area (TPSA) is 82.9 Å². The van der Waals surface area contributed by atoms with Crippen LogP contribution >= 0.6 is 0 Å². The minimum Gasteiger partial charge on any atom is -0.335 e. The molecule has 3 heterocycles. The molecule has 172 valence electrons. The van der Waals surface area contributed by atoms with Crippen LogP contribution in [0.4, 0.5) is 0 Å². The van der Waals surface area contributed by atoms with Crippen LogP contribution in [0.2, 0.25) is 0 Å². The number of rotatable bonds is 6. The summed E-state index contributed by atoms with van der Waals surface area (Å²) in [4.78, 5) is 50.6. The highest BCUT2D eigenvalue weighted by atomic mass is 16.2. The quantitative estimate of drug-likeness (QED) is 0.504. The lowest BCUT2D eigenvalue weighted by molar-refractivity contribution is -0.130. The fourth-order valence-corrected chi connectivity index (χ4v) is 4.44. The Morgan fingerprint density at radius 3 is 2.52 bits per heavy atom. The summed E-state index contributed by atoms with van der Waals surface area (Å²) in [6.07, 6.45) is 8.62. The molecule has 1 aromatic carbocycles. The van der Waals surface area contributed by atoms with Crippen molar-refractivity contribution < 1.29 is 14.4 Å². The zero-order valence-electron chi connectivity index (χ0n) is 19.0. The highest BCUT2D eigenvalue weighted by Gasteiger charge is 2.33. The molecule has 0 aliphatic carbocycles. The molecule has 2 aliphatic heterocycles. The second-order valence-corrected chi connectivity index (χ2v) is 8.79. The third kappa shape index (κ3) is 5.53. The zero-order chi connectivity index (χ0) is 23.2.